The first kappa shape index (κ1) is 16.4. The maximum Gasteiger partial charge on any atom is 0.256 e. The van der Waals surface area contributed by atoms with Crippen molar-refractivity contribution in [2.45, 2.75) is 19.5 Å². The summed E-state index contributed by atoms with van der Waals surface area (Å²) >= 11 is 0. The number of carbonyl (C=O) groups is 1. The molecule has 0 radical (unpaired) electrons. The number of aromatic hydroxyl groups is 1. The number of imidazole rings is 1. The number of carbonyl (C=O) groups excluding carboxylic acids is 1. The molecule has 1 aliphatic rings. The van der Waals surface area contributed by atoms with E-state index in [0.29, 0.717) is 17.9 Å². The average molecular weight is 348 g/mol. The highest BCUT2D eigenvalue weighted by atomic mass is 16.3. The molecule has 26 heavy (non-hydrogen) atoms. The van der Waals surface area contributed by atoms with Gasteiger partial charge in [-0.15, -0.1) is 0 Å². The van der Waals surface area contributed by atoms with E-state index in [2.05, 4.69) is 15.6 Å². The van der Waals surface area contributed by atoms with Gasteiger partial charge in [0.15, 0.2) is 5.82 Å². The van der Waals surface area contributed by atoms with Crippen LogP contribution in [0, 0.1) is 0 Å². The summed E-state index contributed by atoms with van der Waals surface area (Å²) in [7, 11) is 0. The molecule has 0 saturated carbocycles. The summed E-state index contributed by atoms with van der Waals surface area (Å²) in [5, 5.41) is 15.7. The normalized spacial score (nSPS) is 13.2. The van der Waals surface area contributed by atoms with Gasteiger partial charge in [0.25, 0.3) is 5.91 Å². The number of nitrogens with one attached hydrogen (secondary N) is 2. The Balaban J connectivity index is 1.44. The molecule has 6 heteroatoms. The maximum absolute atomic E-state index is 12.5. The number of phenols is 1. The molecule has 4 rings (SSSR count). The van der Waals surface area contributed by atoms with Crippen molar-refractivity contribution in [1.29, 1.82) is 0 Å². The quantitative estimate of drug-likeness (QED) is 0.677. The summed E-state index contributed by atoms with van der Waals surface area (Å²) in [6.07, 6.45) is 4.39. The number of phenolic OH excluding ortho intramolecular Hbond substituents is 1. The van der Waals surface area contributed by atoms with Gasteiger partial charge in [-0.05, 0) is 53.9 Å². The molecule has 0 bridgehead atoms. The Hall–Kier alpha value is -3.12. The number of hydrogen-bond acceptors (Lipinski definition) is 4. The molecule has 1 aliphatic heterocycles. The minimum Gasteiger partial charge on any atom is -0.508 e. The Morgan fingerprint density at radius 2 is 2.15 bits per heavy atom. The SMILES string of the molecule is O=C(Nc1cn(Cc2cccc(O)c2)cn1)c1ccc2c(c1)CCNC2. The van der Waals surface area contributed by atoms with Crippen LogP contribution in [0.15, 0.2) is 55.0 Å². The molecule has 3 aromatic rings. The highest BCUT2D eigenvalue weighted by Crippen LogP contribution is 2.17. The molecule has 0 unspecified atom stereocenters. The fourth-order valence-corrected chi connectivity index (χ4v) is 3.18. The van der Waals surface area contributed by atoms with Crippen LogP contribution in [0.1, 0.15) is 27.0 Å². The number of nitrogens with zero attached hydrogens (tertiary/aromatic N) is 2. The molecule has 0 fully saturated rings. The zero-order chi connectivity index (χ0) is 17.9. The number of hydrogen-bond donors (Lipinski definition) is 3. The van der Waals surface area contributed by atoms with Crippen LogP contribution < -0.4 is 10.6 Å². The predicted molar refractivity (Wildman–Crippen MR) is 99.2 cm³/mol. The molecule has 6 nitrogen and oxygen atoms in total. The third kappa shape index (κ3) is 3.60. The molecule has 1 amide bonds. The Kier molecular flexibility index (Phi) is 4.41. The van der Waals surface area contributed by atoms with Crippen LogP contribution in [-0.2, 0) is 19.5 Å². The van der Waals surface area contributed by atoms with Crippen molar-refractivity contribution >= 4 is 11.7 Å². The Morgan fingerprint density at radius 1 is 1.23 bits per heavy atom. The summed E-state index contributed by atoms with van der Waals surface area (Å²) in [5.41, 5.74) is 4.09. The summed E-state index contributed by atoms with van der Waals surface area (Å²) in [5.74, 6) is 0.585. The molecule has 0 atom stereocenters. The lowest BCUT2D eigenvalue weighted by molar-refractivity contribution is 0.102. The van der Waals surface area contributed by atoms with Crippen molar-refractivity contribution in [2.75, 3.05) is 11.9 Å². The van der Waals surface area contributed by atoms with E-state index >= 15 is 0 Å². The maximum atomic E-state index is 12.5. The average Bonchev–Trinajstić information content (AvgIpc) is 3.08. The van der Waals surface area contributed by atoms with E-state index in [4.69, 9.17) is 0 Å². The fourth-order valence-electron chi connectivity index (χ4n) is 3.18. The van der Waals surface area contributed by atoms with Crippen LogP contribution in [-0.4, -0.2) is 27.1 Å². The molecule has 3 N–H and O–H groups in total. The van der Waals surface area contributed by atoms with E-state index in [1.807, 2.05) is 28.8 Å². The Morgan fingerprint density at radius 3 is 3.04 bits per heavy atom. The smallest absolute Gasteiger partial charge is 0.256 e. The van der Waals surface area contributed by atoms with Gasteiger partial charge in [0.05, 0.1) is 6.33 Å². The summed E-state index contributed by atoms with van der Waals surface area (Å²) in [6.45, 7) is 2.37. The lowest BCUT2D eigenvalue weighted by atomic mass is 9.98. The van der Waals surface area contributed by atoms with Crippen LogP contribution >= 0.6 is 0 Å². The van der Waals surface area contributed by atoms with Gasteiger partial charge >= 0.3 is 0 Å². The zero-order valence-corrected chi connectivity index (χ0v) is 14.3. The first-order valence-corrected chi connectivity index (χ1v) is 8.61. The largest absolute Gasteiger partial charge is 0.508 e. The molecule has 0 aliphatic carbocycles. The van der Waals surface area contributed by atoms with Gasteiger partial charge in [0.2, 0.25) is 0 Å². The van der Waals surface area contributed by atoms with Gasteiger partial charge in [-0.1, -0.05) is 18.2 Å². The fraction of sp³-hybridized carbons (Fsp3) is 0.200. The van der Waals surface area contributed by atoms with Gasteiger partial charge in [0.1, 0.15) is 5.75 Å². The second kappa shape index (κ2) is 7.01. The highest BCUT2D eigenvalue weighted by Gasteiger charge is 2.13. The molecular formula is C20H20N4O2. The van der Waals surface area contributed by atoms with Gasteiger partial charge < -0.3 is 20.3 Å². The van der Waals surface area contributed by atoms with Crippen molar-refractivity contribution < 1.29 is 9.90 Å². The number of amides is 1. The minimum atomic E-state index is -0.158. The van der Waals surface area contributed by atoms with E-state index in [1.54, 1.807) is 30.7 Å². The summed E-state index contributed by atoms with van der Waals surface area (Å²) in [6, 6.07) is 12.9. The molecule has 0 spiro atoms. The van der Waals surface area contributed by atoms with Crippen LogP contribution in [0.25, 0.3) is 0 Å². The van der Waals surface area contributed by atoms with Crippen molar-refractivity contribution in [3.05, 3.63) is 77.2 Å². The molecule has 2 heterocycles. The van der Waals surface area contributed by atoms with E-state index in [0.717, 1.165) is 25.1 Å². The van der Waals surface area contributed by atoms with E-state index in [9.17, 15) is 9.90 Å². The van der Waals surface area contributed by atoms with E-state index in [1.165, 1.54) is 11.1 Å². The number of aromatic nitrogens is 2. The van der Waals surface area contributed by atoms with Crippen LogP contribution in [0.5, 0.6) is 5.75 Å². The van der Waals surface area contributed by atoms with E-state index in [-0.39, 0.29) is 11.7 Å². The monoisotopic (exact) mass is 348 g/mol. The first-order chi connectivity index (χ1) is 12.7. The summed E-state index contributed by atoms with van der Waals surface area (Å²) < 4.78 is 1.86. The minimum absolute atomic E-state index is 0.158. The van der Waals surface area contributed by atoms with Gasteiger partial charge in [0, 0.05) is 24.8 Å². The van der Waals surface area contributed by atoms with Gasteiger partial charge in [-0.3, -0.25) is 4.79 Å². The second-order valence-electron chi connectivity index (χ2n) is 6.47. The predicted octanol–water partition coefficient (Wildman–Crippen LogP) is 2.54. The van der Waals surface area contributed by atoms with Gasteiger partial charge in [-0.2, -0.15) is 0 Å². The molecule has 1 aromatic heterocycles. The molecular weight excluding hydrogens is 328 g/mol. The van der Waals surface area contributed by atoms with Gasteiger partial charge in [-0.25, -0.2) is 4.98 Å². The van der Waals surface area contributed by atoms with Crippen LogP contribution in [0.3, 0.4) is 0 Å². The molecule has 2 aromatic carbocycles. The highest BCUT2D eigenvalue weighted by molar-refractivity contribution is 6.03. The van der Waals surface area contributed by atoms with E-state index < -0.39 is 0 Å². The number of anilines is 1. The van der Waals surface area contributed by atoms with Crippen LogP contribution in [0.2, 0.25) is 0 Å². The van der Waals surface area contributed by atoms with Crippen molar-refractivity contribution in [3.8, 4) is 5.75 Å². The molecule has 0 saturated heterocycles. The third-order valence-corrected chi connectivity index (χ3v) is 4.51. The Labute approximate surface area is 151 Å². The van der Waals surface area contributed by atoms with Crippen molar-refractivity contribution in [3.63, 3.8) is 0 Å². The third-order valence-electron chi connectivity index (χ3n) is 4.51. The lowest BCUT2D eigenvalue weighted by Gasteiger charge is -2.17. The second-order valence-corrected chi connectivity index (χ2v) is 6.47. The standard InChI is InChI=1S/C20H20N4O2/c25-18-3-1-2-14(8-18)11-24-12-19(22-13-24)23-20(26)16-4-5-17-10-21-7-6-15(17)9-16/h1-5,8-9,12-13,21,25H,6-7,10-11H2,(H,23,26). The van der Waals surface area contributed by atoms with Crippen molar-refractivity contribution in [1.82, 2.24) is 14.9 Å². The lowest BCUT2D eigenvalue weighted by Crippen LogP contribution is -2.24. The number of fused-ring (bicyclic) bond motifs is 1. The first-order valence-electron chi connectivity index (χ1n) is 8.61. The van der Waals surface area contributed by atoms with Crippen molar-refractivity contribution in [2.24, 2.45) is 0 Å². The number of rotatable bonds is 4. The Bertz CT molecular complexity index is 948. The summed E-state index contributed by atoms with van der Waals surface area (Å²) in [4.78, 5) is 16.7. The van der Waals surface area contributed by atoms with Crippen LogP contribution in [0.4, 0.5) is 5.82 Å². The molecule has 132 valence electrons. The topological polar surface area (TPSA) is 79.2 Å². The number of benzene rings is 2. The zero-order valence-electron chi connectivity index (χ0n) is 14.3.